The van der Waals surface area contributed by atoms with Crippen LogP contribution < -0.4 is 0 Å². The minimum absolute atomic E-state index is 0.280. The van der Waals surface area contributed by atoms with E-state index in [4.69, 9.17) is 5.11 Å². The lowest BCUT2D eigenvalue weighted by atomic mass is 10.1. The van der Waals surface area contributed by atoms with Crippen LogP contribution >= 0.6 is 0 Å². The number of carboxylic acid groups (broad SMARTS) is 1. The van der Waals surface area contributed by atoms with Gasteiger partial charge in [-0.3, -0.25) is 4.79 Å². The summed E-state index contributed by atoms with van der Waals surface area (Å²) in [7, 11) is 0. The Morgan fingerprint density at radius 3 is 1.94 bits per heavy atom. The Morgan fingerprint density at radius 2 is 1.39 bits per heavy atom. The van der Waals surface area contributed by atoms with Crippen molar-refractivity contribution in [1.82, 2.24) is 0 Å². The maximum absolute atomic E-state index is 10.3. The summed E-state index contributed by atoms with van der Waals surface area (Å²) in [6, 6.07) is 0. The van der Waals surface area contributed by atoms with E-state index in [1.54, 1.807) is 0 Å². The van der Waals surface area contributed by atoms with Crippen molar-refractivity contribution in [1.29, 1.82) is 0 Å². The number of hydrogen-bond donors (Lipinski definition) is 1. The Morgan fingerprint density at radius 1 is 0.833 bits per heavy atom. The highest BCUT2D eigenvalue weighted by atomic mass is 16.4. The normalized spacial score (nSPS) is 11.6. The number of carboxylic acids is 1. The number of hydrogen-bond acceptors (Lipinski definition) is 1. The topological polar surface area (TPSA) is 37.3 Å². The molecular formula is C16H28O2. The van der Waals surface area contributed by atoms with Gasteiger partial charge in [0.05, 0.1) is 0 Å². The van der Waals surface area contributed by atoms with E-state index in [1.165, 1.54) is 32.1 Å². The van der Waals surface area contributed by atoms with Crippen LogP contribution in [0.5, 0.6) is 0 Å². The average Bonchev–Trinajstić information content (AvgIpc) is 2.34. The zero-order valence-corrected chi connectivity index (χ0v) is 11.7. The molecule has 2 nitrogen and oxygen atoms in total. The second-order valence-corrected chi connectivity index (χ2v) is 4.66. The Balaban J connectivity index is 3.20. The fraction of sp³-hybridized carbons (Fsp3) is 0.688. The van der Waals surface area contributed by atoms with E-state index in [2.05, 4.69) is 31.2 Å². The van der Waals surface area contributed by atoms with Gasteiger partial charge in [-0.05, 0) is 38.5 Å². The molecule has 0 fully saturated rings. The smallest absolute Gasteiger partial charge is 0.303 e. The summed E-state index contributed by atoms with van der Waals surface area (Å²) in [6.45, 7) is 2.23. The van der Waals surface area contributed by atoms with Crippen LogP contribution in [0.15, 0.2) is 24.3 Å². The van der Waals surface area contributed by atoms with Crippen LogP contribution in [0.3, 0.4) is 0 Å². The lowest BCUT2D eigenvalue weighted by Gasteiger charge is -1.94. The molecule has 0 amide bonds. The third-order valence-corrected chi connectivity index (χ3v) is 2.82. The number of unbranched alkanes of at least 4 members (excludes halogenated alkanes) is 6. The predicted octanol–water partition coefficient (Wildman–Crippen LogP) is 5.10. The van der Waals surface area contributed by atoms with Gasteiger partial charge >= 0.3 is 5.97 Å². The molecule has 1 N–H and O–H groups in total. The van der Waals surface area contributed by atoms with E-state index >= 15 is 0 Å². The number of carbonyl (C=O) groups is 1. The van der Waals surface area contributed by atoms with Crippen LogP contribution in [-0.2, 0) is 4.79 Å². The van der Waals surface area contributed by atoms with Crippen LogP contribution in [0.1, 0.15) is 71.1 Å². The van der Waals surface area contributed by atoms with Gasteiger partial charge in [0.15, 0.2) is 0 Å². The van der Waals surface area contributed by atoms with Gasteiger partial charge in [0.25, 0.3) is 0 Å². The van der Waals surface area contributed by atoms with Crippen molar-refractivity contribution in [2.45, 2.75) is 71.1 Å². The van der Waals surface area contributed by atoms with Crippen molar-refractivity contribution in [3.05, 3.63) is 24.3 Å². The summed E-state index contributed by atoms with van der Waals surface area (Å²) >= 11 is 0. The fourth-order valence-electron chi connectivity index (χ4n) is 1.72. The van der Waals surface area contributed by atoms with Gasteiger partial charge in [-0.2, -0.15) is 0 Å². The Hall–Kier alpha value is -1.05. The van der Waals surface area contributed by atoms with Crippen molar-refractivity contribution < 1.29 is 9.90 Å². The first-order valence-electron chi connectivity index (χ1n) is 7.29. The van der Waals surface area contributed by atoms with E-state index in [1.807, 2.05) is 0 Å². The fourth-order valence-corrected chi connectivity index (χ4v) is 1.72. The predicted molar refractivity (Wildman–Crippen MR) is 77.8 cm³/mol. The highest BCUT2D eigenvalue weighted by Crippen LogP contribution is 2.04. The number of rotatable bonds is 12. The molecule has 0 unspecified atom stereocenters. The molecule has 0 rings (SSSR count). The molecule has 2 heteroatoms. The van der Waals surface area contributed by atoms with Crippen molar-refractivity contribution >= 4 is 5.97 Å². The van der Waals surface area contributed by atoms with Crippen LogP contribution in [0, 0.1) is 0 Å². The SMILES string of the molecule is CCCCCCC=CCC/C=C\CCCC(=O)O. The summed E-state index contributed by atoms with van der Waals surface area (Å²) in [4.78, 5) is 10.3. The van der Waals surface area contributed by atoms with Crippen molar-refractivity contribution in [2.24, 2.45) is 0 Å². The second kappa shape index (κ2) is 14.0. The van der Waals surface area contributed by atoms with Gasteiger partial charge < -0.3 is 5.11 Å². The molecule has 0 bridgehead atoms. The number of aliphatic carboxylic acids is 1. The first-order valence-corrected chi connectivity index (χ1v) is 7.29. The van der Waals surface area contributed by atoms with E-state index < -0.39 is 5.97 Å². The van der Waals surface area contributed by atoms with Gasteiger partial charge in [-0.15, -0.1) is 0 Å². The maximum Gasteiger partial charge on any atom is 0.303 e. The highest BCUT2D eigenvalue weighted by molar-refractivity contribution is 5.66. The molecule has 0 heterocycles. The molecule has 18 heavy (non-hydrogen) atoms. The van der Waals surface area contributed by atoms with Crippen LogP contribution in [0.4, 0.5) is 0 Å². The summed E-state index contributed by atoms with van der Waals surface area (Å²) in [5.74, 6) is -0.700. The zero-order chi connectivity index (χ0) is 13.5. The van der Waals surface area contributed by atoms with Gasteiger partial charge in [-0.25, -0.2) is 0 Å². The first kappa shape index (κ1) is 16.9. The van der Waals surface area contributed by atoms with Crippen LogP contribution in [0.2, 0.25) is 0 Å². The maximum atomic E-state index is 10.3. The Labute approximate surface area is 112 Å². The van der Waals surface area contributed by atoms with Crippen molar-refractivity contribution in [3.63, 3.8) is 0 Å². The minimum atomic E-state index is -0.700. The van der Waals surface area contributed by atoms with E-state index in [9.17, 15) is 4.79 Å². The van der Waals surface area contributed by atoms with E-state index in [0.717, 1.165) is 25.7 Å². The van der Waals surface area contributed by atoms with Gasteiger partial charge in [-0.1, -0.05) is 50.5 Å². The summed E-state index contributed by atoms with van der Waals surface area (Å²) < 4.78 is 0. The lowest BCUT2D eigenvalue weighted by molar-refractivity contribution is -0.137. The van der Waals surface area contributed by atoms with Gasteiger partial charge in [0.2, 0.25) is 0 Å². The Bertz CT molecular complexity index is 241. The molecule has 0 aromatic rings. The van der Waals surface area contributed by atoms with Gasteiger partial charge in [0, 0.05) is 6.42 Å². The first-order chi connectivity index (χ1) is 8.77. The average molecular weight is 252 g/mol. The monoisotopic (exact) mass is 252 g/mol. The molecule has 0 saturated heterocycles. The quantitative estimate of drug-likeness (QED) is 0.387. The minimum Gasteiger partial charge on any atom is -0.481 e. The van der Waals surface area contributed by atoms with Crippen molar-refractivity contribution in [2.75, 3.05) is 0 Å². The van der Waals surface area contributed by atoms with Crippen LogP contribution in [-0.4, -0.2) is 11.1 Å². The lowest BCUT2D eigenvalue weighted by Crippen LogP contribution is -1.92. The molecule has 0 spiro atoms. The van der Waals surface area contributed by atoms with E-state index in [-0.39, 0.29) is 6.42 Å². The molecule has 0 aliphatic carbocycles. The van der Waals surface area contributed by atoms with Gasteiger partial charge in [0.1, 0.15) is 0 Å². The molecule has 0 aromatic carbocycles. The zero-order valence-electron chi connectivity index (χ0n) is 11.7. The molecule has 0 radical (unpaired) electrons. The second-order valence-electron chi connectivity index (χ2n) is 4.66. The van der Waals surface area contributed by atoms with Crippen LogP contribution in [0.25, 0.3) is 0 Å². The molecular weight excluding hydrogens is 224 g/mol. The Kier molecular flexibility index (Phi) is 13.2. The molecule has 0 aliphatic heterocycles. The van der Waals surface area contributed by atoms with Crippen molar-refractivity contribution in [3.8, 4) is 0 Å². The summed E-state index contributed by atoms with van der Waals surface area (Å²) in [5.41, 5.74) is 0. The summed E-state index contributed by atoms with van der Waals surface area (Å²) in [6.07, 6.45) is 19.4. The molecule has 0 aromatic heterocycles. The largest absolute Gasteiger partial charge is 0.481 e. The van der Waals surface area contributed by atoms with E-state index in [0.29, 0.717) is 0 Å². The summed E-state index contributed by atoms with van der Waals surface area (Å²) in [5, 5.41) is 8.46. The third-order valence-electron chi connectivity index (χ3n) is 2.82. The molecule has 0 saturated carbocycles. The number of allylic oxidation sites excluding steroid dienone is 4. The highest BCUT2D eigenvalue weighted by Gasteiger charge is 1.92. The molecule has 104 valence electrons. The standard InChI is InChI=1S/C16H28O2/c1-2-3-4-5-6-7-8-9-10-11-12-13-14-15-16(17)18/h7-8,11-12H,2-6,9-10,13-15H2,1H3,(H,17,18)/b8-7?,12-11-. The molecule has 0 atom stereocenters. The molecule has 0 aliphatic rings. The third kappa shape index (κ3) is 14.9.